The lowest BCUT2D eigenvalue weighted by Crippen LogP contribution is -2.28. The summed E-state index contributed by atoms with van der Waals surface area (Å²) in [4.78, 5) is 9.43. The molecule has 1 fully saturated rings. The molecule has 1 saturated heterocycles. The van der Waals surface area contributed by atoms with Crippen LogP contribution in [0.1, 0.15) is 19.3 Å². The Morgan fingerprint density at radius 1 is 1.10 bits per heavy atom. The molecule has 1 aliphatic rings. The van der Waals surface area contributed by atoms with E-state index in [4.69, 9.17) is 16.6 Å². The minimum Gasteiger partial charge on any atom is -0.507 e. The second-order valence-electron chi connectivity index (χ2n) is 7.74. The third kappa shape index (κ3) is 3.45. The molecule has 0 atom stereocenters. The van der Waals surface area contributed by atoms with Crippen LogP contribution in [0.2, 0.25) is 5.02 Å². The zero-order valence-electron chi connectivity index (χ0n) is 16.1. The molecule has 4 aromatic rings. The van der Waals surface area contributed by atoms with Gasteiger partial charge in [-0.05, 0) is 68.6 Å². The molecule has 6 heteroatoms. The van der Waals surface area contributed by atoms with Gasteiger partial charge in [-0.1, -0.05) is 23.7 Å². The van der Waals surface area contributed by atoms with Gasteiger partial charge in [-0.25, -0.2) is 4.98 Å². The molecular formula is C23H23ClN4O. The molecule has 0 spiro atoms. The molecule has 148 valence electrons. The van der Waals surface area contributed by atoms with E-state index in [0.717, 1.165) is 59.4 Å². The Kier molecular flexibility index (Phi) is 4.86. The largest absolute Gasteiger partial charge is 0.507 e. The van der Waals surface area contributed by atoms with E-state index in [2.05, 4.69) is 14.9 Å². The molecule has 0 saturated carbocycles. The predicted molar refractivity (Wildman–Crippen MR) is 117 cm³/mol. The number of phenolic OH excluding ortho intramolecular Hbond substituents is 1. The van der Waals surface area contributed by atoms with Gasteiger partial charge in [0.25, 0.3) is 0 Å². The fraction of sp³-hybridized carbons (Fsp3) is 0.304. The van der Waals surface area contributed by atoms with Gasteiger partial charge in [0.1, 0.15) is 17.1 Å². The van der Waals surface area contributed by atoms with E-state index in [1.54, 1.807) is 12.3 Å². The zero-order valence-corrected chi connectivity index (χ0v) is 16.9. The van der Waals surface area contributed by atoms with Gasteiger partial charge in [0.2, 0.25) is 0 Å². The number of fused-ring (bicyclic) bond motifs is 3. The molecular weight excluding hydrogens is 384 g/mol. The van der Waals surface area contributed by atoms with Crippen molar-refractivity contribution in [3.63, 3.8) is 0 Å². The molecule has 2 aromatic carbocycles. The number of halogens is 1. The number of nitrogens with one attached hydrogen (secondary N) is 1. The van der Waals surface area contributed by atoms with E-state index >= 15 is 0 Å². The predicted octanol–water partition coefficient (Wildman–Crippen LogP) is 5.00. The third-order valence-electron chi connectivity index (χ3n) is 5.90. The number of hydrogen-bond acceptors (Lipinski definition) is 4. The summed E-state index contributed by atoms with van der Waals surface area (Å²) in [5, 5.41) is 15.6. The minimum absolute atomic E-state index is 0.242. The third-order valence-corrected chi connectivity index (χ3v) is 6.14. The van der Waals surface area contributed by atoms with Crippen molar-refractivity contribution in [2.24, 2.45) is 5.92 Å². The van der Waals surface area contributed by atoms with Crippen LogP contribution in [0.4, 0.5) is 0 Å². The summed E-state index contributed by atoms with van der Waals surface area (Å²) in [6.45, 7) is 3.03. The maximum Gasteiger partial charge on any atom is 0.144 e. The summed E-state index contributed by atoms with van der Waals surface area (Å²) in [7, 11) is 0. The Morgan fingerprint density at radius 3 is 2.76 bits per heavy atom. The first-order chi connectivity index (χ1) is 14.2. The molecule has 0 bridgehead atoms. The van der Waals surface area contributed by atoms with Crippen molar-refractivity contribution >= 4 is 33.5 Å². The lowest BCUT2D eigenvalue weighted by molar-refractivity contribution is 0.340. The van der Waals surface area contributed by atoms with Crippen molar-refractivity contribution in [2.75, 3.05) is 13.1 Å². The van der Waals surface area contributed by atoms with E-state index in [1.807, 2.05) is 36.4 Å². The van der Waals surface area contributed by atoms with Gasteiger partial charge in [-0.3, -0.25) is 4.98 Å². The average molecular weight is 407 g/mol. The Balaban J connectivity index is 1.68. The van der Waals surface area contributed by atoms with Crippen LogP contribution in [0.25, 0.3) is 33.3 Å². The Hall–Kier alpha value is -2.63. The number of pyridine rings is 1. The second kappa shape index (κ2) is 7.65. The lowest BCUT2D eigenvalue weighted by Gasteiger charge is -2.23. The molecule has 2 aromatic heterocycles. The Bertz CT molecular complexity index is 1180. The molecule has 0 amide bonds. The molecule has 2 N–H and O–H groups in total. The number of imidazole rings is 1. The van der Waals surface area contributed by atoms with E-state index < -0.39 is 0 Å². The summed E-state index contributed by atoms with van der Waals surface area (Å²) in [6, 6.07) is 13.2. The van der Waals surface area contributed by atoms with Gasteiger partial charge in [0, 0.05) is 17.0 Å². The van der Waals surface area contributed by atoms with Crippen molar-refractivity contribution < 1.29 is 5.11 Å². The Labute approximate surface area is 174 Å². The monoisotopic (exact) mass is 406 g/mol. The number of phenols is 1. The maximum atomic E-state index is 10.5. The van der Waals surface area contributed by atoms with E-state index in [1.165, 1.54) is 12.8 Å². The molecule has 5 rings (SSSR count). The summed E-state index contributed by atoms with van der Waals surface area (Å²) < 4.78 is 2.25. The fourth-order valence-electron chi connectivity index (χ4n) is 4.36. The van der Waals surface area contributed by atoms with Gasteiger partial charge in [-0.15, -0.1) is 0 Å². The normalized spacial score (nSPS) is 15.3. The van der Waals surface area contributed by atoms with E-state index in [-0.39, 0.29) is 5.75 Å². The number of aromatic hydroxyl groups is 1. The standard InChI is InChI=1S/C23H23ClN4O/c24-16-5-6-17-19(13-16)26-14-20-22(17)28(12-9-15-7-10-25-11-8-15)23(27-20)18-3-1-2-4-21(18)29/h1-6,13-15,25,29H,7-12H2. The molecule has 5 nitrogen and oxygen atoms in total. The number of piperidine rings is 1. The molecule has 0 aliphatic carbocycles. The molecule has 3 heterocycles. The van der Waals surface area contributed by atoms with Gasteiger partial charge in [0.15, 0.2) is 0 Å². The van der Waals surface area contributed by atoms with Crippen molar-refractivity contribution in [3.05, 3.63) is 53.7 Å². The van der Waals surface area contributed by atoms with Gasteiger partial charge >= 0.3 is 0 Å². The van der Waals surface area contributed by atoms with Crippen molar-refractivity contribution in [3.8, 4) is 17.1 Å². The minimum atomic E-state index is 0.242. The number of nitrogens with zero attached hydrogens (tertiary/aromatic N) is 3. The first kappa shape index (κ1) is 18.4. The summed E-state index contributed by atoms with van der Waals surface area (Å²) in [5.41, 5.74) is 3.50. The first-order valence-electron chi connectivity index (χ1n) is 10.1. The van der Waals surface area contributed by atoms with Crippen LogP contribution in [0.5, 0.6) is 5.75 Å². The van der Waals surface area contributed by atoms with Crippen molar-refractivity contribution in [1.29, 1.82) is 0 Å². The SMILES string of the molecule is Oc1ccccc1-c1nc2cnc3cc(Cl)ccc3c2n1CCC1CCNCC1. The topological polar surface area (TPSA) is 63.0 Å². The van der Waals surface area contributed by atoms with Gasteiger partial charge < -0.3 is 15.0 Å². The lowest BCUT2D eigenvalue weighted by atomic mass is 9.94. The van der Waals surface area contributed by atoms with Gasteiger partial charge in [0.05, 0.1) is 22.8 Å². The highest BCUT2D eigenvalue weighted by atomic mass is 35.5. The van der Waals surface area contributed by atoms with Crippen molar-refractivity contribution in [2.45, 2.75) is 25.8 Å². The number of benzene rings is 2. The highest BCUT2D eigenvalue weighted by molar-refractivity contribution is 6.31. The number of hydrogen-bond donors (Lipinski definition) is 2. The highest BCUT2D eigenvalue weighted by Crippen LogP contribution is 2.34. The maximum absolute atomic E-state index is 10.5. The smallest absolute Gasteiger partial charge is 0.144 e. The zero-order chi connectivity index (χ0) is 19.8. The first-order valence-corrected chi connectivity index (χ1v) is 10.5. The highest BCUT2D eigenvalue weighted by Gasteiger charge is 2.20. The molecule has 0 radical (unpaired) electrons. The molecule has 1 aliphatic heterocycles. The summed E-state index contributed by atoms with van der Waals surface area (Å²) in [6.07, 6.45) is 5.30. The van der Waals surface area contributed by atoms with Crippen LogP contribution < -0.4 is 5.32 Å². The summed E-state index contributed by atoms with van der Waals surface area (Å²) in [5.74, 6) is 1.73. The van der Waals surface area contributed by atoms with E-state index in [9.17, 15) is 5.11 Å². The summed E-state index contributed by atoms with van der Waals surface area (Å²) >= 11 is 6.19. The van der Waals surface area contributed by atoms with Crippen LogP contribution >= 0.6 is 11.6 Å². The Morgan fingerprint density at radius 2 is 1.93 bits per heavy atom. The van der Waals surface area contributed by atoms with Gasteiger partial charge in [-0.2, -0.15) is 0 Å². The number of aryl methyl sites for hydroxylation is 1. The van der Waals surface area contributed by atoms with Crippen LogP contribution in [0, 0.1) is 5.92 Å². The van der Waals surface area contributed by atoms with Crippen LogP contribution in [0.3, 0.4) is 0 Å². The number of rotatable bonds is 4. The van der Waals surface area contributed by atoms with Crippen LogP contribution in [0.15, 0.2) is 48.7 Å². The second-order valence-corrected chi connectivity index (χ2v) is 8.18. The van der Waals surface area contributed by atoms with Crippen LogP contribution in [-0.2, 0) is 6.54 Å². The van der Waals surface area contributed by atoms with Crippen LogP contribution in [-0.4, -0.2) is 32.7 Å². The quantitative estimate of drug-likeness (QED) is 0.500. The fourth-order valence-corrected chi connectivity index (χ4v) is 4.52. The van der Waals surface area contributed by atoms with E-state index in [0.29, 0.717) is 10.9 Å². The number of para-hydroxylation sites is 1. The molecule has 0 unspecified atom stereocenters. The molecule has 29 heavy (non-hydrogen) atoms. The van der Waals surface area contributed by atoms with Crippen molar-refractivity contribution in [1.82, 2.24) is 19.9 Å². The number of aromatic nitrogens is 3. The average Bonchev–Trinajstić information content (AvgIpc) is 3.12.